The van der Waals surface area contributed by atoms with Crippen molar-refractivity contribution in [3.8, 4) is 0 Å². The van der Waals surface area contributed by atoms with E-state index in [-0.39, 0.29) is 23.8 Å². The fourth-order valence-corrected chi connectivity index (χ4v) is 4.50. The van der Waals surface area contributed by atoms with Gasteiger partial charge in [-0.1, -0.05) is 37.3 Å². The molecule has 3 heterocycles. The molecule has 2 saturated heterocycles. The van der Waals surface area contributed by atoms with E-state index in [1.807, 2.05) is 34.9 Å². The lowest BCUT2D eigenvalue weighted by atomic mass is 9.89. The van der Waals surface area contributed by atoms with Gasteiger partial charge in [0, 0.05) is 37.9 Å². The molecule has 6 heteroatoms. The Morgan fingerprint density at radius 2 is 1.89 bits per heavy atom. The monoisotopic (exact) mass is 364 g/mol. The van der Waals surface area contributed by atoms with E-state index >= 15 is 0 Å². The van der Waals surface area contributed by atoms with E-state index in [9.17, 15) is 9.59 Å². The number of rotatable bonds is 4. The summed E-state index contributed by atoms with van der Waals surface area (Å²) in [6.45, 7) is 4.11. The molecule has 0 N–H and O–H groups in total. The van der Waals surface area contributed by atoms with Crippen molar-refractivity contribution in [1.29, 1.82) is 0 Å². The summed E-state index contributed by atoms with van der Waals surface area (Å²) in [5.41, 5.74) is 1.73. The Balaban J connectivity index is 1.58. The topological polar surface area (TPSA) is 66.4 Å². The van der Waals surface area contributed by atoms with Crippen LogP contribution in [0.2, 0.25) is 0 Å². The van der Waals surface area contributed by atoms with Crippen molar-refractivity contribution in [3.05, 3.63) is 59.9 Å². The van der Waals surface area contributed by atoms with Gasteiger partial charge in [0.05, 0.1) is 24.0 Å². The van der Waals surface area contributed by atoms with Crippen LogP contribution >= 0.6 is 0 Å². The lowest BCUT2D eigenvalue weighted by molar-refractivity contribution is -0.132. The number of carbonyl (C=O) groups is 2. The van der Waals surface area contributed by atoms with E-state index in [0.717, 1.165) is 18.5 Å². The Morgan fingerprint density at radius 1 is 1.07 bits per heavy atom. The van der Waals surface area contributed by atoms with Gasteiger partial charge in [-0.15, -0.1) is 0 Å². The molecule has 1 aromatic carbocycles. The number of amides is 2. The van der Waals surface area contributed by atoms with E-state index in [1.165, 1.54) is 6.20 Å². The predicted molar refractivity (Wildman–Crippen MR) is 101 cm³/mol. The third-order valence-electron chi connectivity index (χ3n) is 5.71. The van der Waals surface area contributed by atoms with Gasteiger partial charge in [-0.05, 0) is 18.1 Å². The van der Waals surface area contributed by atoms with Crippen molar-refractivity contribution in [2.45, 2.75) is 25.8 Å². The molecule has 0 spiro atoms. The first-order valence-electron chi connectivity index (χ1n) is 9.59. The van der Waals surface area contributed by atoms with Gasteiger partial charge in [0.2, 0.25) is 5.91 Å². The second kappa shape index (κ2) is 7.47. The molecule has 0 bridgehead atoms. The molecule has 4 rings (SSSR count). The quantitative estimate of drug-likeness (QED) is 0.836. The van der Waals surface area contributed by atoms with Crippen LogP contribution in [0.25, 0.3) is 0 Å². The number of benzene rings is 1. The summed E-state index contributed by atoms with van der Waals surface area (Å²) >= 11 is 0. The van der Waals surface area contributed by atoms with Crippen molar-refractivity contribution < 1.29 is 9.59 Å². The smallest absolute Gasteiger partial charge is 0.255 e. The lowest BCUT2D eigenvalue weighted by Crippen LogP contribution is -2.37. The average Bonchev–Trinajstić information content (AvgIpc) is 3.27. The maximum atomic E-state index is 12.8. The highest BCUT2D eigenvalue weighted by molar-refractivity contribution is 5.94. The minimum absolute atomic E-state index is 0.00227. The van der Waals surface area contributed by atoms with Gasteiger partial charge in [0.15, 0.2) is 0 Å². The number of hydrogen-bond acceptors (Lipinski definition) is 4. The van der Waals surface area contributed by atoms with Gasteiger partial charge in [-0.2, -0.15) is 10.2 Å². The molecule has 140 valence electrons. The standard InChI is InChI=1S/C21H24N4O2/c1-2-6-19(26)25-13-17-12-24(21(27)16-9-10-22-23-11-16)14-18(17)20(25)15-7-4-3-5-8-15/h3-5,7-11,17-18,20H,2,6,12-14H2,1H3/t17-,18-,20+/m0/s1. The first kappa shape index (κ1) is 17.6. The molecule has 2 amide bonds. The Labute approximate surface area is 159 Å². The zero-order chi connectivity index (χ0) is 18.8. The maximum absolute atomic E-state index is 12.8. The van der Waals surface area contributed by atoms with E-state index < -0.39 is 0 Å². The summed E-state index contributed by atoms with van der Waals surface area (Å²) in [5.74, 6) is 0.802. The summed E-state index contributed by atoms with van der Waals surface area (Å²) < 4.78 is 0. The van der Waals surface area contributed by atoms with Gasteiger partial charge in [0.1, 0.15) is 0 Å². The van der Waals surface area contributed by atoms with E-state index in [4.69, 9.17) is 0 Å². The van der Waals surface area contributed by atoms with Gasteiger partial charge in [0.25, 0.3) is 5.91 Å². The molecular formula is C21H24N4O2. The summed E-state index contributed by atoms with van der Waals surface area (Å²) in [6, 6.07) is 12.0. The van der Waals surface area contributed by atoms with Crippen molar-refractivity contribution >= 4 is 11.8 Å². The van der Waals surface area contributed by atoms with Crippen LogP contribution in [0.1, 0.15) is 41.7 Å². The second-order valence-corrected chi connectivity index (χ2v) is 7.42. The number of carbonyl (C=O) groups excluding carboxylic acids is 2. The van der Waals surface area contributed by atoms with Crippen molar-refractivity contribution in [2.75, 3.05) is 19.6 Å². The number of fused-ring (bicyclic) bond motifs is 1. The Hall–Kier alpha value is -2.76. The molecule has 1 aromatic heterocycles. The van der Waals surface area contributed by atoms with Crippen LogP contribution in [-0.2, 0) is 4.79 Å². The SMILES string of the molecule is CCCC(=O)N1C[C@@H]2CN(C(=O)c3ccnnc3)C[C@@H]2[C@H]1c1ccccc1. The van der Waals surface area contributed by atoms with E-state index in [2.05, 4.69) is 22.3 Å². The average molecular weight is 364 g/mol. The highest BCUT2D eigenvalue weighted by atomic mass is 16.2. The molecule has 0 unspecified atom stereocenters. The molecule has 2 aliphatic heterocycles. The maximum Gasteiger partial charge on any atom is 0.255 e. The highest BCUT2D eigenvalue weighted by Crippen LogP contribution is 2.45. The summed E-state index contributed by atoms with van der Waals surface area (Å²) in [5, 5.41) is 7.56. The third kappa shape index (κ3) is 3.31. The Morgan fingerprint density at radius 3 is 2.59 bits per heavy atom. The summed E-state index contributed by atoms with van der Waals surface area (Å²) in [6.07, 6.45) is 4.49. The zero-order valence-electron chi connectivity index (χ0n) is 15.5. The largest absolute Gasteiger partial charge is 0.338 e. The molecule has 27 heavy (non-hydrogen) atoms. The number of likely N-dealkylation sites (tertiary alicyclic amines) is 2. The van der Waals surface area contributed by atoms with Gasteiger partial charge < -0.3 is 9.80 Å². The van der Waals surface area contributed by atoms with Crippen LogP contribution in [-0.4, -0.2) is 51.4 Å². The highest BCUT2D eigenvalue weighted by Gasteiger charge is 2.49. The Bertz CT molecular complexity index is 811. The van der Waals surface area contributed by atoms with Crippen molar-refractivity contribution in [3.63, 3.8) is 0 Å². The van der Waals surface area contributed by atoms with Crippen molar-refractivity contribution in [2.24, 2.45) is 11.8 Å². The minimum Gasteiger partial charge on any atom is -0.338 e. The summed E-state index contributed by atoms with van der Waals surface area (Å²) in [4.78, 5) is 29.5. The first-order valence-corrected chi connectivity index (χ1v) is 9.59. The summed E-state index contributed by atoms with van der Waals surface area (Å²) in [7, 11) is 0. The lowest BCUT2D eigenvalue weighted by Gasteiger charge is -2.30. The molecule has 2 aliphatic rings. The molecule has 2 fully saturated rings. The van der Waals surface area contributed by atoms with Gasteiger partial charge in [-0.25, -0.2) is 0 Å². The minimum atomic E-state index is -0.00227. The molecule has 0 radical (unpaired) electrons. The Kier molecular flexibility index (Phi) is 4.88. The van der Waals surface area contributed by atoms with E-state index in [0.29, 0.717) is 31.0 Å². The van der Waals surface area contributed by atoms with Crippen LogP contribution in [0.4, 0.5) is 0 Å². The van der Waals surface area contributed by atoms with Gasteiger partial charge in [-0.3, -0.25) is 9.59 Å². The van der Waals surface area contributed by atoms with Gasteiger partial charge >= 0.3 is 0 Å². The molecule has 0 saturated carbocycles. The van der Waals surface area contributed by atoms with Crippen molar-refractivity contribution in [1.82, 2.24) is 20.0 Å². The molecular weight excluding hydrogens is 340 g/mol. The fraction of sp³-hybridized carbons (Fsp3) is 0.429. The molecule has 2 aromatic rings. The van der Waals surface area contributed by atoms with Crippen LogP contribution in [0.3, 0.4) is 0 Å². The van der Waals surface area contributed by atoms with Crippen LogP contribution in [0.5, 0.6) is 0 Å². The number of hydrogen-bond donors (Lipinski definition) is 0. The van der Waals surface area contributed by atoms with Crippen LogP contribution in [0, 0.1) is 11.8 Å². The fourth-order valence-electron chi connectivity index (χ4n) is 4.50. The van der Waals surface area contributed by atoms with Crippen LogP contribution < -0.4 is 0 Å². The molecule has 0 aliphatic carbocycles. The first-order chi connectivity index (χ1) is 13.2. The zero-order valence-corrected chi connectivity index (χ0v) is 15.5. The normalized spacial score (nSPS) is 24.1. The van der Waals surface area contributed by atoms with E-state index in [1.54, 1.807) is 12.3 Å². The molecule has 6 nitrogen and oxygen atoms in total. The number of nitrogens with zero attached hydrogens (tertiary/aromatic N) is 4. The predicted octanol–water partition coefficient (Wildman–Crippen LogP) is 2.55. The molecule has 3 atom stereocenters. The third-order valence-corrected chi connectivity index (χ3v) is 5.71. The second-order valence-electron chi connectivity index (χ2n) is 7.42. The number of aromatic nitrogens is 2. The van der Waals surface area contributed by atoms with Crippen LogP contribution in [0.15, 0.2) is 48.8 Å².